The highest BCUT2D eigenvalue weighted by Crippen LogP contribution is 2.27. The Morgan fingerprint density at radius 2 is 2.06 bits per heavy atom. The van der Waals surface area contributed by atoms with Gasteiger partial charge in [-0.2, -0.15) is 0 Å². The Kier molecular flexibility index (Phi) is 3.81. The van der Waals surface area contributed by atoms with E-state index in [-0.39, 0.29) is 17.8 Å². The Bertz CT molecular complexity index is 448. The van der Waals surface area contributed by atoms with Gasteiger partial charge in [-0.25, -0.2) is 0 Å². The highest BCUT2D eigenvalue weighted by molar-refractivity contribution is 5.42. The van der Waals surface area contributed by atoms with Crippen LogP contribution in [0.25, 0.3) is 0 Å². The lowest BCUT2D eigenvalue weighted by molar-refractivity contribution is -0.385. The highest BCUT2D eigenvalue weighted by atomic mass is 16.6. The third-order valence-electron chi connectivity index (χ3n) is 3.29. The number of nitro groups is 1. The van der Waals surface area contributed by atoms with Crippen LogP contribution in [0, 0.1) is 17.0 Å². The van der Waals surface area contributed by atoms with Crippen molar-refractivity contribution in [2.75, 3.05) is 0 Å². The largest absolute Gasteiger partial charge is 0.489 e. The van der Waals surface area contributed by atoms with Crippen molar-refractivity contribution in [3.8, 4) is 5.75 Å². The predicted molar refractivity (Wildman–Crippen MR) is 68.7 cm³/mol. The molecule has 2 unspecified atom stereocenters. The SMILES string of the molecule is Cc1cc(OC2CCCCC2N)cc([N+](=O)[O-])c1. The van der Waals surface area contributed by atoms with Crippen LogP contribution in [0.2, 0.25) is 0 Å². The Hall–Kier alpha value is -1.62. The van der Waals surface area contributed by atoms with E-state index in [0.717, 1.165) is 31.2 Å². The van der Waals surface area contributed by atoms with Gasteiger partial charge in [0.2, 0.25) is 0 Å². The summed E-state index contributed by atoms with van der Waals surface area (Å²) in [5.74, 6) is 0.545. The van der Waals surface area contributed by atoms with E-state index in [0.29, 0.717) is 5.75 Å². The number of nitrogens with two attached hydrogens (primary N) is 1. The number of hydrogen-bond acceptors (Lipinski definition) is 4. The molecule has 0 radical (unpaired) electrons. The minimum absolute atomic E-state index is 0.0262. The summed E-state index contributed by atoms with van der Waals surface area (Å²) in [6.45, 7) is 1.82. The van der Waals surface area contributed by atoms with E-state index in [1.54, 1.807) is 0 Å². The van der Waals surface area contributed by atoms with Crippen LogP contribution < -0.4 is 10.5 Å². The molecule has 18 heavy (non-hydrogen) atoms. The van der Waals surface area contributed by atoms with Crippen LogP contribution in [-0.4, -0.2) is 17.1 Å². The maximum absolute atomic E-state index is 10.8. The minimum atomic E-state index is -0.402. The lowest BCUT2D eigenvalue weighted by Gasteiger charge is -2.29. The third kappa shape index (κ3) is 2.98. The Morgan fingerprint density at radius 1 is 1.33 bits per heavy atom. The van der Waals surface area contributed by atoms with Crippen LogP contribution >= 0.6 is 0 Å². The summed E-state index contributed by atoms with van der Waals surface area (Å²) in [4.78, 5) is 10.4. The molecule has 0 aromatic heterocycles. The van der Waals surface area contributed by atoms with Gasteiger partial charge in [0.15, 0.2) is 0 Å². The molecule has 98 valence electrons. The quantitative estimate of drug-likeness (QED) is 0.660. The maximum atomic E-state index is 10.8. The average Bonchev–Trinajstić information content (AvgIpc) is 2.31. The first kappa shape index (κ1) is 12.8. The second-order valence-corrected chi connectivity index (χ2v) is 4.87. The zero-order valence-electron chi connectivity index (χ0n) is 10.5. The van der Waals surface area contributed by atoms with Gasteiger partial charge in [0.1, 0.15) is 11.9 Å². The molecular weight excluding hydrogens is 232 g/mol. The molecule has 0 spiro atoms. The number of rotatable bonds is 3. The van der Waals surface area contributed by atoms with Crippen molar-refractivity contribution in [1.82, 2.24) is 0 Å². The first-order valence-corrected chi connectivity index (χ1v) is 6.24. The van der Waals surface area contributed by atoms with E-state index in [1.165, 1.54) is 12.1 Å². The average molecular weight is 250 g/mol. The van der Waals surface area contributed by atoms with Crippen molar-refractivity contribution in [3.63, 3.8) is 0 Å². The van der Waals surface area contributed by atoms with Crippen molar-refractivity contribution < 1.29 is 9.66 Å². The molecule has 1 saturated carbocycles. The molecule has 1 aromatic rings. The predicted octanol–water partition coefficient (Wildman–Crippen LogP) is 2.55. The van der Waals surface area contributed by atoms with Crippen LogP contribution in [-0.2, 0) is 0 Å². The number of nitrogens with zero attached hydrogens (tertiary/aromatic N) is 1. The standard InChI is InChI=1S/C13H18N2O3/c1-9-6-10(15(16)17)8-11(7-9)18-13-5-3-2-4-12(13)14/h6-8,12-13H,2-5,14H2,1H3. The summed E-state index contributed by atoms with van der Waals surface area (Å²) in [5.41, 5.74) is 6.89. The number of benzene rings is 1. The van der Waals surface area contributed by atoms with Gasteiger partial charge < -0.3 is 10.5 Å². The number of non-ortho nitro benzene ring substituents is 1. The summed E-state index contributed by atoms with van der Waals surface area (Å²) in [6, 6.07) is 4.84. The van der Waals surface area contributed by atoms with Gasteiger partial charge in [0.05, 0.1) is 11.0 Å². The minimum Gasteiger partial charge on any atom is -0.489 e. The second-order valence-electron chi connectivity index (χ2n) is 4.87. The Labute approximate surface area is 106 Å². The van der Waals surface area contributed by atoms with Crippen LogP contribution in [0.1, 0.15) is 31.2 Å². The molecule has 5 nitrogen and oxygen atoms in total. The van der Waals surface area contributed by atoms with Crippen molar-refractivity contribution >= 4 is 5.69 Å². The van der Waals surface area contributed by atoms with E-state index in [1.807, 2.05) is 13.0 Å². The van der Waals surface area contributed by atoms with E-state index < -0.39 is 4.92 Å². The molecular formula is C13H18N2O3. The van der Waals surface area contributed by atoms with Crippen molar-refractivity contribution in [3.05, 3.63) is 33.9 Å². The van der Waals surface area contributed by atoms with Gasteiger partial charge in [-0.1, -0.05) is 6.42 Å². The number of hydrogen-bond donors (Lipinski definition) is 1. The first-order chi connectivity index (χ1) is 8.56. The normalized spacial score (nSPS) is 23.7. The van der Waals surface area contributed by atoms with Crippen molar-refractivity contribution in [1.29, 1.82) is 0 Å². The summed E-state index contributed by atoms with van der Waals surface area (Å²) in [7, 11) is 0. The van der Waals surface area contributed by atoms with Crippen LogP contribution in [0.15, 0.2) is 18.2 Å². The molecule has 0 amide bonds. The van der Waals surface area contributed by atoms with Gasteiger partial charge in [-0.05, 0) is 37.8 Å². The fourth-order valence-electron chi connectivity index (χ4n) is 2.35. The summed E-state index contributed by atoms with van der Waals surface area (Å²) >= 11 is 0. The Morgan fingerprint density at radius 3 is 2.72 bits per heavy atom. The molecule has 0 aliphatic heterocycles. The van der Waals surface area contributed by atoms with Crippen molar-refractivity contribution in [2.24, 2.45) is 5.73 Å². The lowest BCUT2D eigenvalue weighted by Crippen LogP contribution is -2.41. The summed E-state index contributed by atoms with van der Waals surface area (Å²) < 4.78 is 5.81. The zero-order chi connectivity index (χ0) is 13.1. The van der Waals surface area contributed by atoms with Crippen LogP contribution in [0.5, 0.6) is 5.75 Å². The topological polar surface area (TPSA) is 78.4 Å². The number of nitro benzene ring substituents is 1. The molecule has 1 fully saturated rings. The second kappa shape index (κ2) is 5.35. The summed E-state index contributed by atoms with van der Waals surface area (Å²) in [5, 5.41) is 10.8. The molecule has 2 N–H and O–H groups in total. The van der Waals surface area contributed by atoms with Crippen molar-refractivity contribution in [2.45, 2.75) is 44.8 Å². The molecule has 0 saturated heterocycles. The van der Waals surface area contributed by atoms with Gasteiger partial charge in [-0.15, -0.1) is 0 Å². The van der Waals surface area contributed by atoms with E-state index >= 15 is 0 Å². The highest BCUT2D eigenvalue weighted by Gasteiger charge is 2.24. The van der Waals surface area contributed by atoms with Gasteiger partial charge in [-0.3, -0.25) is 10.1 Å². The Balaban J connectivity index is 2.15. The summed E-state index contributed by atoms with van der Waals surface area (Å²) in [6.07, 6.45) is 4.09. The molecule has 5 heteroatoms. The molecule has 2 atom stereocenters. The van der Waals surface area contributed by atoms with E-state index in [2.05, 4.69) is 0 Å². The number of aryl methyl sites for hydroxylation is 1. The fraction of sp³-hybridized carbons (Fsp3) is 0.538. The van der Waals surface area contributed by atoms with E-state index in [4.69, 9.17) is 10.5 Å². The zero-order valence-corrected chi connectivity index (χ0v) is 10.5. The van der Waals surface area contributed by atoms with Gasteiger partial charge in [0, 0.05) is 12.1 Å². The molecule has 2 rings (SSSR count). The molecule has 1 aliphatic carbocycles. The smallest absolute Gasteiger partial charge is 0.273 e. The molecule has 1 aromatic carbocycles. The molecule has 1 aliphatic rings. The van der Waals surface area contributed by atoms with Gasteiger partial charge >= 0.3 is 0 Å². The van der Waals surface area contributed by atoms with E-state index in [9.17, 15) is 10.1 Å². The first-order valence-electron chi connectivity index (χ1n) is 6.24. The number of ether oxygens (including phenoxy) is 1. The maximum Gasteiger partial charge on any atom is 0.273 e. The van der Waals surface area contributed by atoms with Crippen LogP contribution in [0.3, 0.4) is 0 Å². The molecule has 0 heterocycles. The molecule has 0 bridgehead atoms. The fourth-order valence-corrected chi connectivity index (χ4v) is 2.35. The van der Waals surface area contributed by atoms with Crippen LogP contribution in [0.4, 0.5) is 5.69 Å². The van der Waals surface area contributed by atoms with Gasteiger partial charge in [0.25, 0.3) is 5.69 Å². The lowest BCUT2D eigenvalue weighted by atomic mass is 9.93. The monoisotopic (exact) mass is 250 g/mol. The third-order valence-corrected chi connectivity index (χ3v) is 3.29.